The van der Waals surface area contributed by atoms with E-state index in [0.717, 1.165) is 55.2 Å². The molecule has 0 radical (unpaired) electrons. The number of carbonyl (C=O) groups excluding carboxylic acids is 1. The highest BCUT2D eigenvalue weighted by Crippen LogP contribution is 2.25. The molecule has 3 heterocycles. The van der Waals surface area contributed by atoms with E-state index in [0.29, 0.717) is 29.4 Å². The molecule has 5 rings (SSSR count). The number of nitrogens with one attached hydrogen (secondary N) is 2. The van der Waals surface area contributed by atoms with Gasteiger partial charge in [-0.05, 0) is 67.6 Å². The Morgan fingerprint density at radius 1 is 0.911 bits per heavy atom. The summed E-state index contributed by atoms with van der Waals surface area (Å²) in [5.74, 6) is -2.18. The second-order valence-corrected chi connectivity index (χ2v) is 10.4. The smallest absolute Gasteiger partial charge is 0.328 e. The van der Waals surface area contributed by atoms with Crippen LogP contribution in [0.1, 0.15) is 21.5 Å². The van der Waals surface area contributed by atoms with Crippen LogP contribution in [0.2, 0.25) is 0 Å². The average Bonchev–Trinajstić information content (AvgIpc) is 3.04. The van der Waals surface area contributed by atoms with E-state index in [9.17, 15) is 14.4 Å². The fraction of sp³-hybridized carbons (Fsp3) is 0.212. The number of anilines is 3. The minimum Gasteiger partial charge on any atom is -0.478 e. The molecule has 0 aliphatic carbocycles. The first-order valence-electron chi connectivity index (χ1n) is 14.2. The largest absolute Gasteiger partial charge is 0.478 e. The predicted octanol–water partition coefficient (Wildman–Crippen LogP) is 4.30. The number of benzene rings is 2. The van der Waals surface area contributed by atoms with Gasteiger partial charge in [-0.3, -0.25) is 14.7 Å². The number of nitrogens with zero attached hydrogens (tertiary/aromatic N) is 5. The van der Waals surface area contributed by atoms with Crippen molar-refractivity contribution in [3.05, 3.63) is 108 Å². The van der Waals surface area contributed by atoms with Crippen LogP contribution in [-0.2, 0) is 16.1 Å². The summed E-state index contributed by atoms with van der Waals surface area (Å²) in [7, 11) is 2.16. The number of rotatable bonds is 9. The maximum absolute atomic E-state index is 12.9. The van der Waals surface area contributed by atoms with E-state index in [2.05, 4.69) is 42.4 Å². The lowest BCUT2D eigenvalue weighted by atomic mass is 10.1. The number of aliphatic carboxylic acids is 2. The van der Waals surface area contributed by atoms with Crippen molar-refractivity contribution in [2.24, 2.45) is 0 Å². The molecule has 1 fully saturated rings. The van der Waals surface area contributed by atoms with Gasteiger partial charge in [0.25, 0.3) is 5.91 Å². The van der Waals surface area contributed by atoms with Crippen LogP contribution in [-0.4, -0.2) is 86.0 Å². The molecule has 1 aliphatic heterocycles. The van der Waals surface area contributed by atoms with E-state index in [1.165, 1.54) is 5.56 Å². The van der Waals surface area contributed by atoms with Crippen LogP contribution in [0.4, 0.5) is 17.3 Å². The summed E-state index contributed by atoms with van der Waals surface area (Å²) < 4.78 is 0. The van der Waals surface area contributed by atoms with Crippen LogP contribution in [0.3, 0.4) is 0 Å². The van der Waals surface area contributed by atoms with Gasteiger partial charge in [-0.15, -0.1) is 0 Å². The van der Waals surface area contributed by atoms with Gasteiger partial charge in [-0.25, -0.2) is 19.6 Å². The second kappa shape index (κ2) is 15.8. The first-order valence-corrected chi connectivity index (χ1v) is 14.2. The summed E-state index contributed by atoms with van der Waals surface area (Å²) in [4.78, 5) is 50.0. The molecule has 2 aromatic carbocycles. The molecule has 4 N–H and O–H groups in total. The van der Waals surface area contributed by atoms with Crippen LogP contribution in [0.25, 0.3) is 11.3 Å². The first kappa shape index (κ1) is 32.5. The summed E-state index contributed by atoms with van der Waals surface area (Å²) >= 11 is 0. The van der Waals surface area contributed by atoms with E-state index in [4.69, 9.17) is 10.2 Å². The zero-order valence-corrected chi connectivity index (χ0v) is 25.1. The molecule has 12 heteroatoms. The summed E-state index contributed by atoms with van der Waals surface area (Å²) in [6, 6.07) is 19.3. The Morgan fingerprint density at radius 3 is 2.27 bits per heavy atom. The number of piperazine rings is 1. The van der Waals surface area contributed by atoms with Gasteiger partial charge in [-0.1, -0.05) is 18.2 Å². The van der Waals surface area contributed by atoms with Crippen molar-refractivity contribution in [1.29, 1.82) is 0 Å². The molecule has 0 saturated carbocycles. The van der Waals surface area contributed by atoms with E-state index in [1.807, 2.05) is 67.6 Å². The number of aromatic nitrogens is 3. The zero-order valence-electron chi connectivity index (χ0n) is 25.1. The molecule has 1 aliphatic rings. The van der Waals surface area contributed by atoms with Crippen LogP contribution < -0.4 is 10.6 Å². The van der Waals surface area contributed by atoms with Gasteiger partial charge in [0.2, 0.25) is 5.95 Å². The standard InChI is InChI=1S/C29H31N7O.C4H4O4/c1-21-5-10-25(18-27(21)34-29-31-13-11-26(33-29)24-4-3-12-30-19-24)32-28(37)23-8-6-22(7-9-23)20-36-16-14-35(2)15-17-36;5-3(6)1-2-4(7)8/h3-13,18-19H,14-17,20H2,1-2H3,(H,32,37)(H,31,33,34);1-2H,(H,5,6)(H,7,8)/b;2-1+. The van der Waals surface area contributed by atoms with Gasteiger partial charge >= 0.3 is 11.9 Å². The maximum Gasteiger partial charge on any atom is 0.328 e. The lowest BCUT2D eigenvalue weighted by Gasteiger charge is -2.32. The fourth-order valence-corrected chi connectivity index (χ4v) is 4.42. The number of aryl methyl sites for hydroxylation is 1. The normalized spacial score (nSPS) is 13.5. The third kappa shape index (κ3) is 10.3. The SMILES string of the molecule is Cc1ccc(NC(=O)c2ccc(CN3CCN(C)CC3)cc2)cc1Nc1nccc(-c2cccnc2)n1.O=C(O)/C=C/C(=O)O. The minimum absolute atomic E-state index is 0.143. The van der Waals surface area contributed by atoms with Crippen molar-refractivity contribution in [3.8, 4) is 11.3 Å². The Morgan fingerprint density at radius 2 is 1.62 bits per heavy atom. The third-order valence-electron chi connectivity index (χ3n) is 6.94. The molecule has 12 nitrogen and oxygen atoms in total. The Hall–Kier alpha value is -5.46. The lowest BCUT2D eigenvalue weighted by molar-refractivity contribution is -0.134. The van der Waals surface area contributed by atoms with Gasteiger partial charge in [0.15, 0.2) is 0 Å². The molecule has 4 aromatic rings. The predicted molar refractivity (Wildman–Crippen MR) is 171 cm³/mol. The van der Waals surface area contributed by atoms with Crippen LogP contribution in [0.5, 0.6) is 0 Å². The topological polar surface area (TPSA) is 161 Å². The highest BCUT2D eigenvalue weighted by atomic mass is 16.4. The van der Waals surface area contributed by atoms with Crippen molar-refractivity contribution in [2.75, 3.05) is 43.9 Å². The summed E-state index contributed by atoms with van der Waals surface area (Å²) in [6.45, 7) is 7.24. The molecular formula is C33H35N7O5. The van der Waals surface area contributed by atoms with Crippen molar-refractivity contribution in [2.45, 2.75) is 13.5 Å². The Kier molecular flexibility index (Phi) is 11.4. The zero-order chi connectivity index (χ0) is 32.2. The van der Waals surface area contributed by atoms with Crippen LogP contribution >= 0.6 is 0 Å². The molecule has 232 valence electrons. The van der Waals surface area contributed by atoms with Gasteiger partial charge < -0.3 is 25.7 Å². The van der Waals surface area contributed by atoms with Crippen molar-refractivity contribution < 1.29 is 24.6 Å². The number of hydrogen-bond donors (Lipinski definition) is 4. The molecule has 0 atom stereocenters. The number of hydrogen-bond acceptors (Lipinski definition) is 9. The van der Waals surface area contributed by atoms with E-state index in [-0.39, 0.29) is 5.91 Å². The van der Waals surface area contributed by atoms with Gasteiger partial charge in [0, 0.05) is 86.0 Å². The number of likely N-dealkylation sites (N-methyl/N-ethyl adjacent to an activating group) is 1. The van der Waals surface area contributed by atoms with Gasteiger partial charge in [0.05, 0.1) is 5.69 Å². The van der Waals surface area contributed by atoms with Crippen LogP contribution in [0.15, 0.2) is 91.4 Å². The average molecular weight is 610 g/mol. The Labute approximate surface area is 261 Å². The fourth-order valence-electron chi connectivity index (χ4n) is 4.42. The van der Waals surface area contributed by atoms with Crippen molar-refractivity contribution in [3.63, 3.8) is 0 Å². The lowest BCUT2D eigenvalue weighted by Crippen LogP contribution is -2.43. The number of carboxylic acid groups (broad SMARTS) is 2. The molecule has 1 amide bonds. The molecule has 1 saturated heterocycles. The van der Waals surface area contributed by atoms with E-state index < -0.39 is 11.9 Å². The number of carbonyl (C=O) groups is 3. The molecular weight excluding hydrogens is 574 g/mol. The molecule has 0 spiro atoms. The van der Waals surface area contributed by atoms with Gasteiger partial charge in [0.1, 0.15) is 0 Å². The van der Waals surface area contributed by atoms with Gasteiger partial charge in [-0.2, -0.15) is 0 Å². The first-order chi connectivity index (χ1) is 21.7. The number of pyridine rings is 1. The quantitative estimate of drug-likeness (QED) is 0.200. The van der Waals surface area contributed by atoms with Crippen molar-refractivity contribution >= 4 is 35.2 Å². The highest BCUT2D eigenvalue weighted by molar-refractivity contribution is 6.04. The summed E-state index contributed by atoms with van der Waals surface area (Å²) in [5, 5.41) is 21.9. The maximum atomic E-state index is 12.9. The third-order valence-corrected chi connectivity index (χ3v) is 6.94. The monoisotopic (exact) mass is 609 g/mol. The van der Waals surface area contributed by atoms with Crippen molar-refractivity contribution in [1.82, 2.24) is 24.8 Å². The van der Waals surface area contributed by atoms with E-state index in [1.54, 1.807) is 18.6 Å². The number of amides is 1. The number of carboxylic acids is 2. The Balaban J connectivity index is 0.000000510. The Bertz CT molecular complexity index is 1620. The molecule has 0 unspecified atom stereocenters. The minimum atomic E-state index is -1.26. The highest BCUT2D eigenvalue weighted by Gasteiger charge is 2.14. The molecule has 0 bridgehead atoms. The van der Waals surface area contributed by atoms with E-state index >= 15 is 0 Å². The summed E-state index contributed by atoms with van der Waals surface area (Å²) in [6.07, 6.45) is 6.33. The van der Waals surface area contributed by atoms with Crippen LogP contribution in [0, 0.1) is 6.92 Å². The molecule has 2 aromatic heterocycles. The summed E-state index contributed by atoms with van der Waals surface area (Å²) in [5.41, 5.74) is 6.08. The second-order valence-electron chi connectivity index (χ2n) is 10.4. The molecule has 45 heavy (non-hydrogen) atoms.